The predicted molar refractivity (Wildman–Crippen MR) is 144 cm³/mol. The molecule has 208 valence electrons. The number of piperidine rings is 1. The molecular formula is C29H33F3N4O3. The molecule has 1 saturated heterocycles. The summed E-state index contributed by atoms with van der Waals surface area (Å²) in [5.74, 6) is -2.84. The molecule has 0 aromatic heterocycles. The second kappa shape index (κ2) is 13.4. The maximum absolute atomic E-state index is 12.7. The van der Waals surface area contributed by atoms with Crippen LogP contribution in [-0.4, -0.2) is 53.2 Å². The first kappa shape index (κ1) is 29.8. The fourth-order valence-electron chi connectivity index (χ4n) is 4.23. The first-order valence-corrected chi connectivity index (χ1v) is 12.5. The quantitative estimate of drug-likeness (QED) is 0.356. The van der Waals surface area contributed by atoms with Crippen LogP contribution in [0.15, 0.2) is 78.9 Å². The number of amides is 1. The van der Waals surface area contributed by atoms with Gasteiger partial charge in [-0.15, -0.1) is 0 Å². The third kappa shape index (κ3) is 9.20. The summed E-state index contributed by atoms with van der Waals surface area (Å²) in [6.07, 6.45) is -3.34. The van der Waals surface area contributed by atoms with Gasteiger partial charge in [-0.05, 0) is 53.3 Å². The molecule has 4 rings (SSSR count). The minimum absolute atomic E-state index is 0.0798. The fraction of sp³-hybridized carbons (Fsp3) is 0.310. The van der Waals surface area contributed by atoms with E-state index < -0.39 is 12.1 Å². The van der Waals surface area contributed by atoms with E-state index in [0.717, 1.165) is 49.2 Å². The molecule has 39 heavy (non-hydrogen) atoms. The van der Waals surface area contributed by atoms with Crippen LogP contribution in [0.1, 0.15) is 34.3 Å². The van der Waals surface area contributed by atoms with Crippen molar-refractivity contribution in [2.45, 2.75) is 37.6 Å². The second-order valence-electron chi connectivity index (χ2n) is 9.59. The van der Waals surface area contributed by atoms with Crippen molar-refractivity contribution in [2.75, 3.05) is 19.6 Å². The van der Waals surface area contributed by atoms with Crippen LogP contribution in [0.3, 0.4) is 0 Å². The van der Waals surface area contributed by atoms with Crippen LogP contribution in [0.5, 0.6) is 0 Å². The zero-order chi connectivity index (χ0) is 28.5. The molecule has 10 heteroatoms. The molecule has 1 fully saturated rings. The van der Waals surface area contributed by atoms with E-state index >= 15 is 0 Å². The number of rotatable bonds is 7. The molecule has 1 aliphatic heterocycles. The normalized spacial score (nSPS) is 15.1. The number of carboxylic acids is 1. The number of likely N-dealkylation sites (tertiary alicyclic amines) is 1. The monoisotopic (exact) mass is 542 g/mol. The highest BCUT2D eigenvalue weighted by atomic mass is 19.4. The number of hydrogen-bond acceptors (Lipinski definition) is 5. The van der Waals surface area contributed by atoms with E-state index in [1.54, 1.807) is 0 Å². The number of carboxylic acid groups (broad SMARTS) is 1. The van der Waals surface area contributed by atoms with Gasteiger partial charge in [-0.3, -0.25) is 9.69 Å². The van der Waals surface area contributed by atoms with Gasteiger partial charge < -0.3 is 21.9 Å². The largest absolute Gasteiger partial charge is 0.490 e. The Bertz CT molecular complexity index is 1230. The number of carbonyl (C=O) groups excluding carboxylic acids is 1. The molecule has 3 aromatic rings. The van der Waals surface area contributed by atoms with Gasteiger partial charge in [-0.2, -0.15) is 13.2 Å². The molecule has 0 aliphatic carbocycles. The van der Waals surface area contributed by atoms with E-state index in [1.807, 2.05) is 42.5 Å². The summed E-state index contributed by atoms with van der Waals surface area (Å²) in [5, 5.41) is 10.2. The van der Waals surface area contributed by atoms with Crippen molar-refractivity contribution >= 4 is 11.9 Å². The molecule has 0 spiro atoms. The van der Waals surface area contributed by atoms with E-state index in [9.17, 15) is 18.0 Å². The molecular weight excluding hydrogens is 509 g/mol. The number of halogens is 3. The van der Waals surface area contributed by atoms with Crippen molar-refractivity contribution in [3.8, 4) is 11.1 Å². The Morgan fingerprint density at radius 3 is 2.05 bits per heavy atom. The van der Waals surface area contributed by atoms with Gasteiger partial charge in [0.25, 0.3) is 5.91 Å². The Labute approximate surface area is 225 Å². The van der Waals surface area contributed by atoms with E-state index in [4.69, 9.17) is 21.4 Å². The summed E-state index contributed by atoms with van der Waals surface area (Å²) in [5.41, 5.74) is 17.2. The molecule has 0 bridgehead atoms. The Morgan fingerprint density at radius 2 is 1.49 bits per heavy atom. The van der Waals surface area contributed by atoms with Crippen molar-refractivity contribution in [1.29, 1.82) is 0 Å². The average molecular weight is 543 g/mol. The lowest BCUT2D eigenvalue weighted by Crippen LogP contribution is -2.56. The Morgan fingerprint density at radius 1 is 0.897 bits per heavy atom. The van der Waals surface area contributed by atoms with Crippen molar-refractivity contribution < 1.29 is 27.9 Å². The van der Waals surface area contributed by atoms with Gasteiger partial charge in [0.15, 0.2) is 0 Å². The number of benzene rings is 3. The van der Waals surface area contributed by atoms with Gasteiger partial charge in [0.05, 0.1) is 0 Å². The van der Waals surface area contributed by atoms with Crippen LogP contribution in [0.4, 0.5) is 13.2 Å². The predicted octanol–water partition coefficient (Wildman–Crippen LogP) is 4.17. The van der Waals surface area contributed by atoms with E-state index in [-0.39, 0.29) is 11.4 Å². The smallest absolute Gasteiger partial charge is 0.475 e. The Kier molecular flexibility index (Phi) is 10.2. The van der Waals surface area contributed by atoms with Crippen LogP contribution in [-0.2, 0) is 17.9 Å². The maximum Gasteiger partial charge on any atom is 0.490 e. The van der Waals surface area contributed by atoms with Crippen LogP contribution in [0.25, 0.3) is 11.1 Å². The number of aliphatic carboxylic acids is 1. The third-order valence-corrected chi connectivity index (χ3v) is 6.59. The van der Waals surface area contributed by atoms with Gasteiger partial charge in [0, 0.05) is 43.8 Å². The van der Waals surface area contributed by atoms with Gasteiger partial charge in [-0.1, -0.05) is 60.7 Å². The first-order valence-electron chi connectivity index (χ1n) is 12.5. The lowest BCUT2D eigenvalue weighted by molar-refractivity contribution is -0.192. The Hall–Kier alpha value is -3.73. The van der Waals surface area contributed by atoms with Crippen molar-refractivity contribution in [3.05, 3.63) is 95.6 Å². The van der Waals surface area contributed by atoms with E-state index in [1.165, 1.54) is 5.56 Å². The molecule has 0 saturated carbocycles. The highest BCUT2D eigenvalue weighted by Gasteiger charge is 2.38. The zero-order valence-corrected chi connectivity index (χ0v) is 21.5. The molecule has 3 aromatic carbocycles. The first-order chi connectivity index (χ1) is 18.5. The van der Waals surface area contributed by atoms with Crippen LogP contribution < -0.4 is 16.8 Å². The van der Waals surface area contributed by atoms with Gasteiger partial charge in [0.1, 0.15) is 0 Å². The maximum atomic E-state index is 12.7. The topological polar surface area (TPSA) is 122 Å². The zero-order valence-electron chi connectivity index (χ0n) is 21.5. The van der Waals surface area contributed by atoms with E-state index in [0.29, 0.717) is 18.7 Å². The number of hydrogen-bond donors (Lipinski definition) is 4. The molecule has 1 aliphatic rings. The molecule has 1 amide bonds. The number of carbonyl (C=O) groups is 2. The number of nitrogens with zero attached hydrogens (tertiary/aromatic N) is 1. The van der Waals surface area contributed by atoms with Crippen LogP contribution in [0, 0.1) is 0 Å². The average Bonchev–Trinajstić information content (AvgIpc) is 2.94. The molecule has 0 atom stereocenters. The minimum Gasteiger partial charge on any atom is -0.475 e. The third-order valence-electron chi connectivity index (χ3n) is 6.59. The number of nitrogens with one attached hydrogen (secondary N) is 1. The fourth-order valence-corrected chi connectivity index (χ4v) is 4.23. The number of nitrogens with two attached hydrogens (primary N) is 2. The van der Waals surface area contributed by atoms with Crippen LogP contribution in [0.2, 0.25) is 0 Å². The molecule has 1 heterocycles. The molecule has 0 radical (unpaired) electrons. The Balaban J connectivity index is 0.000000532. The molecule has 7 nitrogen and oxygen atoms in total. The van der Waals surface area contributed by atoms with Crippen molar-refractivity contribution in [3.63, 3.8) is 0 Å². The summed E-state index contributed by atoms with van der Waals surface area (Å²) in [6.45, 7) is 3.84. The number of alkyl halides is 3. The summed E-state index contributed by atoms with van der Waals surface area (Å²) < 4.78 is 31.7. The highest BCUT2D eigenvalue weighted by molar-refractivity contribution is 5.94. The summed E-state index contributed by atoms with van der Waals surface area (Å²) >= 11 is 0. The van der Waals surface area contributed by atoms with Crippen molar-refractivity contribution in [1.82, 2.24) is 10.2 Å². The van der Waals surface area contributed by atoms with Crippen LogP contribution >= 0.6 is 0 Å². The molecule has 6 N–H and O–H groups in total. The lowest BCUT2D eigenvalue weighted by Gasteiger charge is -2.39. The second-order valence-corrected chi connectivity index (χ2v) is 9.59. The van der Waals surface area contributed by atoms with Gasteiger partial charge in [-0.25, -0.2) is 4.79 Å². The molecule has 0 unspecified atom stereocenters. The van der Waals surface area contributed by atoms with Gasteiger partial charge >= 0.3 is 12.1 Å². The SMILES string of the molecule is NCc1cccc(-c2ccc(C(=O)NCC3(N)CCN(Cc4ccccc4)CC3)cc2)c1.O=C(O)C(F)(F)F. The minimum atomic E-state index is -5.08. The highest BCUT2D eigenvalue weighted by Crippen LogP contribution is 2.23. The van der Waals surface area contributed by atoms with E-state index in [2.05, 4.69) is 46.6 Å². The summed E-state index contributed by atoms with van der Waals surface area (Å²) in [4.78, 5) is 24.0. The summed E-state index contributed by atoms with van der Waals surface area (Å²) in [7, 11) is 0. The van der Waals surface area contributed by atoms with Gasteiger partial charge in [0.2, 0.25) is 0 Å². The summed E-state index contributed by atoms with van der Waals surface area (Å²) in [6, 6.07) is 26.3. The van der Waals surface area contributed by atoms with Crippen molar-refractivity contribution in [2.24, 2.45) is 11.5 Å². The lowest BCUT2D eigenvalue weighted by atomic mass is 9.88. The standard InChI is InChI=1S/C27H32N4O.C2HF3O2/c28-18-22-7-4-8-25(17-22)23-9-11-24(12-10-23)26(32)30-20-27(29)13-15-31(16-14-27)19-21-5-2-1-3-6-21;3-2(4,5)1(6)7/h1-12,17H,13-16,18-20,28-29H2,(H,30,32);(H,6,7).